The largest absolute Gasteiger partial charge is 0.507 e. The summed E-state index contributed by atoms with van der Waals surface area (Å²) in [6.07, 6.45) is 0. The van der Waals surface area contributed by atoms with Crippen LogP contribution < -0.4 is 0 Å². The maximum atomic E-state index is 14.2. The zero-order valence-electron chi connectivity index (χ0n) is 16.6. The van der Waals surface area contributed by atoms with E-state index in [0.717, 1.165) is 11.8 Å². The first kappa shape index (κ1) is 19.7. The van der Waals surface area contributed by atoms with Crippen LogP contribution in [0.15, 0.2) is 78.9 Å². The molecule has 0 unspecified atom stereocenters. The van der Waals surface area contributed by atoms with Gasteiger partial charge in [0.1, 0.15) is 17.4 Å². The molecule has 2 heterocycles. The van der Waals surface area contributed by atoms with E-state index in [2.05, 4.69) is 4.98 Å². The fraction of sp³-hybridized carbons (Fsp3) is 0.120. The van der Waals surface area contributed by atoms with Gasteiger partial charge in [-0.05, 0) is 62.4 Å². The van der Waals surface area contributed by atoms with Crippen molar-refractivity contribution < 1.29 is 13.9 Å². The van der Waals surface area contributed by atoms with Crippen LogP contribution in [0.1, 0.15) is 25.2 Å². The first-order valence-electron chi connectivity index (χ1n) is 9.55. The number of rotatable bonds is 4. The van der Waals surface area contributed by atoms with E-state index in [0.29, 0.717) is 22.6 Å². The number of halogens is 2. The van der Waals surface area contributed by atoms with Gasteiger partial charge >= 0.3 is 0 Å². The van der Waals surface area contributed by atoms with Gasteiger partial charge in [0.25, 0.3) is 0 Å². The molecule has 0 atom stereocenters. The number of aromatic nitrogens is 2. The fourth-order valence-corrected chi connectivity index (χ4v) is 3.38. The molecule has 3 nitrogen and oxygen atoms in total. The summed E-state index contributed by atoms with van der Waals surface area (Å²) in [4.78, 5) is 9.41. The second-order valence-electron chi connectivity index (χ2n) is 7.58. The third-order valence-corrected chi connectivity index (χ3v) is 5.17. The van der Waals surface area contributed by atoms with Crippen LogP contribution in [0.5, 0.6) is 5.75 Å². The highest BCUT2D eigenvalue weighted by molar-refractivity contribution is 5.67. The number of phenolic OH excluding ortho intramolecular Hbond substituents is 1. The van der Waals surface area contributed by atoms with E-state index in [1.165, 1.54) is 12.1 Å². The maximum absolute atomic E-state index is 14.2. The van der Waals surface area contributed by atoms with E-state index >= 15 is 0 Å². The Kier molecular flexibility index (Phi) is 5.04. The lowest BCUT2D eigenvalue weighted by Crippen LogP contribution is -2.22. The van der Waals surface area contributed by atoms with Gasteiger partial charge in [-0.25, -0.2) is 8.78 Å². The van der Waals surface area contributed by atoms with E-state index in [9.17, 15) is 13.9 Å². The highest BCUT2D eigenvalue weighted by Crippen LogP contribution is 2.34. The van der Waals surface area contributed by atoms with Crippen molar-refractivity contribution in [2.45, 2.75) is 19.3 Å². The van der Waals surface area contributed by atoms with Crippen LogP contribution in [-0.2, 0) is 5.41 Å². The maximum Gasteiger partial charge on any atom is 0.135 e. The van der Waals surface area contributed by atoms with E-state index in [1.54, 1.807) is 24.3 Å². The lowest BCUT2D eigenvalue weighted by Gasteiger charge is -2.25. The summed E-state index contributed by atoms with van der Waals surface area (Å²) in [5.41, 5.74) is 2.83. The van der Waals surface area contributed by atoms with Gasteiger partial charge in [0.2, 0.25) is 0 Å². The molecule has 0 radical (unpaired) electrons. The summed E-state index contributed by atoms with van der Waals surface area (Å²) in [7, 11) is 0. The van der Waals surface area contributed by atoms with Crippen LogP contribution in [0, 0.1) is 11.6 Å². The Morgan fingerprint density at radius 1 is 0.700 bits per heavy atom. The van der Waals surface area contributed by atoms with Crippen LogP contribution in [0.25, 0.3) is 22.5 Å². The molecule has 0 aliphatic heterocycles. The average Bonchev–Trinajstić information content (AvgIpc) is 2.74. The highest BCUT2D eigenvalue weighted by atomic mass is 19.1. The predicted octanol–water partition coefficient (Wildman–Crippen LogP) is 6.12. The van der Waals surface area contributed by atoms with Crippen molar-refractivity contribution in [3.63, 3.8) is 0 Å². The molecule has 1 N–H and O–H groups in total. The molecule has 2 aromatic heterocycles. The first-order valence-corrected chi connectivity index (χ1v) is 9.55. The van der Waals surface area contributed by atoms with Crippen LogP contribution >= 0.6 is 0 Å². The molecule has 0 fully saturated rings. The number of hydrogen-bond donors (Lipinski definition) is 1. The van der Waals surface area contributed by atoms with Crippen molar-refractivity contribution >= 4 is 0 Å². The van der Waals surface area contributed by atoms with Gasteiger partial charge in [0, 0.05) is 22.6 Å². The molecular formula is C25H20F2N2O. The smallest absolute Gasteiger partial charge is 0.135 e. The minimum absolute atomic E-state index is 0.159. The molecule has 0 spiro atoms. The molecule has 0 amide bonds. The van der Waals surface area contributed by atoms with Gasteiger partial charge in [0.15, 0.2) is 0 Å². The molecule has 0 aliphatic carbocycles. The SMILES string of the molecule is CC(C)(c1cccc(-c2ccccc2O)n1)c1cccc(-c2ccc(F)cc2F)n1. The van der Waals surface area contributed by atoms with Crippen LogP contribution in [-0.4, -0.2) is 15.1 Å². The minimum atomic E-state index is -0.655. The molecule has 0 bridgehead atoms. The Balaban J connectivity index is 1.76. The third kappa shape index (κ3) is 3.66. The molecule has 4 rings (SSSR count). The van der Waals surface area contributed by atoms with Crippen molar-refractivity contribution in [2.75, 3.05) is 0 Å². The van der Waals surface area contributed by atoms with Gasteiger partial charge < -0.3 is 5.11 Å². The van der Waals surface area contributed by atoms with Crippen molar-refractivity contribution in [3.05, 3.63) is 102 Å². The zero-order chi connectivity index (χ0) is 21.3. The molecule has 5 heteroatoms. The molecular weight excluding hydrogens is 382 g/mol. The second kappa shape index (κ2) is 7.67. The fourth-order valence-electron chi connectivity index (χ4n) is 3.38. The molecule has 2 aromatic carbocycles. The van der Waals surface area contributed by atoms with Gasteiger partial charge in [-0.15, -0.1) is 0 Å². The molecule has 4 aromatic rings. The first-order chi connectivity index (χ1) is 14.4. The highest BCUT2D eigenvalue weighted by Gasteiger charge is 2.27. The van der Waals surface area contributed by atoms with E-state index in [1.807, 2.05) is 50.2 Å². The molecule has 150 valence electrons. The molecule has 30 heavy (non-hydrogen) atoms. The number of para-hydroxylation sites is 1. The second-order valence-corrected chi connectivity index (χ2v) is 7.58. The van der Waals surface area contributed by atoms with Crippen LogP contribution in [0.4, 0.5) is 8.78 Å². The summed E-state index contributed by atoms with van der Waals surface area (Å²) in [5.74, 6) is -1.12. The summed E-state index contributed by atoms with van der Waals surface area (Å²) < 4.78 is 27.5. The number of benzene rings is 2. The zero-order valence-corrected chi connectivity index (χ0v) is 16.6. The Morgan fingerprint density at radius 3 is 1.90 bits per heavy atom. The number of phenols is 1. The summed E-state index contributed by atoms with van der Waals surface area (Å²) in [6.45, 7) is 3.97. The van der Waals surface area contributed by atoms with Crippen molar-refractivity contribution in [1.29, 1.82) is 0 Å². The monoisotopic (exact) mass is 402 g/mol. The molecule has 0 aliphatic rings. The van der Waals surface area contributed by atoms with Gasteiger partial charge in [-0.3, -0.25) is 9.97 Å². The van der Waals surface area contributed by atoms with E-state index in [4.69, 9.17) is 4.98 Å². The van der Waals surface area contributed by atoms with E-state index < -0.39 is 17.0 Å². The topological polar surface area (TPSA) is 46.0 Å². The Hall–Kier alpha value is -3.60. The number of nitrogens with zero attached hydrogens (tertiary/aromatic N) is 2. The Labute approximate surface area is 173 Å². The number of pyridine rings is 2. The lowest BCUT2D eigenvalue weighted by molar-refractivity contribution is 0.477. The summed E-state index contributed by atoms with van der Waals surface area (Å²) >= 11 is 0. The summed E-state index contributed by atoms with van der Waals surface area (Å²) in [6, 6.07) is 21.5. The van der Waals surface area contributed by atoms with Crippen molar-refractivity contribution in [3.8, 4) is 28.3 Å². The molecule has 0 saturated heterocycles. The van der Waals surface area contributed by atoms with Gasteiger partial charge in [-0.2, -0.15) is 0 Å². The van der Waals surface area contributed by atoms with Crippen molar-refractivity contribution in [2.24, 2.45) is 0 Å². The average molecular weight is 402 g/mol. The lowest BCUT2D eigenvalue weighted by atomic mass is 9.84. The quantitative estimate of drug-likeness (QED) is 0.447. The van der Waals surface area contributed by atoms with Crippen LogP contribution in [0.3, 0.4) is 0 Å². The number of aromatic hydroxyl groups is 1. The Bertz CT molecular complexity index is 1220. The predicted molar refractivity (Wildman–Crippen MR) is 113 cm³/mol. The number of hydrogen-bond acceptors (Lipinski definition) is 3. The van der Waals surface area contributed by atoms with Gasteiger partial charge in [-0.1, -0.05) is 24.3 Å². The summed E-state index contributed by atoms with van der Waals surface area (Å²) in [5, 5.41) is 10.2. The van der Waals surface area contributed by atoms with E-state index in [-0.39, 0.29) is 11.3 Å². The van der Waals surface area contributed by atoms with Crippen LogP contribution in [0.2, 0.25) is 0 Å². The minimum Gasteiger partial charge on any atom is -0.507 e. The normalized spacial score (nSPS) is 11.5. The van der Waals surface area contributed by atoms with Crippen molar-refractivity contribution in [1.82, 2.24) is 9.97 Å². The third-order valence-electron chi connectivity index (χ3n) is 5.17. The van der Waals surface area contributed by atoms with Gasteiger partial charge in [0.05, 0.1) is 22.8 Å². The standard InChI is InChI=1S/C25H20F2N2O/c1-25(2,24-12-6-9-21(29-24)18-7-3-4-10-22(18)30)23-11-5-8-20(28-23)17-14-13-16(26)15-19(17)27/h3-15,30H,1-2H3. The Morgan fingerprint density at radius 2 is 1.30 bits per heavy atom. The molecule has 0 saturated carbocycles.